The number of nitrogens with zero attached hydrogens (tertiary/aromatic N) is 2. The van der Waals surface area contributed by atoms with Gasteiger partial charge in [-0.3, -0.25) is 0 Å². The molecule has 114 valence electrons. The molecular formula is C17H31N3. The van der Waals surface area contributed by atoms with Gasteiger partial charge in [0, 0.05) is 31.4 Å². The summed E-state index contributed by atoms with van der Waals surface area (Å²) < 4.78 is 0. The lowest BCUT2D eigenvalue weighted by atomic mass is 10.1. The van der Waals surface area contributed by atoms with E-state index in [1.54, 1.807) is 0 Å². The fourth-order valence-electron chi connectivity index (χ4n) is 2.00. The molecule has 0 saturated heterocycles. The fourth-order valence-corrected chi connectivity index (χ4v) is 2.00. The van der Waals surface area contributed by atoms with Gasteiger partial charge in [-0.2, -0.15) is 0 Å². The maximum absolute atomic E-state index is 4.79. The molecule has 0 aliphatic heterocycles. The topological polar surface area (TPSA) is 28.2 Å². The van der Waals surface area contributed by atoms with Crippen LogP contribution in [-0.4, -0.2) is 24.1 Å². The van der Waals surface area contributed by atoms with Crippen molar-refractivity contribution in [1.82, 2.24) is 10.3 Å². The van der Waals surface area contributed by atoms with E-state index in [1.165, 1.54) is 11.3 Å². The van der Waals surface area contributed by atoms with Gasteiger partial charge in [-0.15, -0.1) is 0 Å². The third kappa shape index (κ3) is 5.49. The van der Waals surface area contributed by atoms with E-state index in [0.717, 1.165) is 25.3 Å². The molecule has 3 nitrogen and oxygen atoms in total. The number of hydrogen-bond donors (Lipinski definition) is 1. The summed E-state index contributed by atoms with van der Waals surface area (Å²) in [6.07, 6.45) is 1.14. The number of nitrogens with one attached hydrogen (secondary N) is 1. The Hall–Kier alpha value is -1.09. The largest absolute Gasteiger partial charge is 0.360 e. The first-order chi connectivity index (χ1) is 9.23. The van der Waals surface area contributed by atoms with Crippen molar-refractivity contribution in [3.63, 3.8) is 0 Å². The second-order valence-electron chi connectivity index (χ2n) is 6.94. The first-order valence-corrected chi connectivity index (χ1v) is 7.70. The molecule has 0 aliphatic carbocycles. The van der Waals surface area contributed by atoms with Gasteiger partial charge in [-0.25, -0.2) is 4.98 Å². The van der Waals surface area contributed by atoms with E-state index in [4.69, 9.17) is 4.98 Å². The minimum absolute atomic E-state index is 0.136. The zero-order valence-electron chi connectivity index (χ0n) is 14.2. The van der Waals surface area contributed by atoms with Gasteiger partial charge in [0.2, 0.25) is 0 Å². The Morgan fingerprint density at radius 2 is 1.90 bits per heavy atom. The van der Waals surface area contributed by atoms with Crippen molar-refractivity contribution in [3.8, 4) is 0 Å². The fraction of sp³-hybridized carbons (Fsp3) is 0.706. The van der Waals surface area contributed by atoms with Gasteiger partial charge in [0.15, 0.2) is 0 Å². The number of aromatic nitrogens is 1. The minimum atomic E-state index is 0.136. The van der Waals surface area contributed by atoms with Gasteiger partial charge in [-0.1, -0.05) is 20.8 Å². The summed E-state index contributed by atoms with van der Waals surface area (Å²) in [5.41, 5.74) is 2.63. The first-order valence-electron chi connectivity index (χ1n) is 7.70. The second kappa shape index (κ2) is 7.07. The van der Waals surface area contributed by atoms with E-state index in [-0.39, 0.29) is 5.54 Å². The van der Waals surface area contributed by atoms with E-state index >= 15 is 0 Å². The van der Waals surface area contributed by atoms with Gasteiger partial charge in [-0.05, 0) is 50.8 Å². The van der Waals surface area contributed by atoms with Crippen molar-refractivity contribution >= 4 is 5.82 Å². The van der Waals surface area contributed by atoms with Crippen LogP contribution in [0.3, 0.4) is 0 Å². The highest BCUT2D eigenvalue weighted by Crippen LogP contribution is 2.20. The van der Waals surface area contributed by atoms with Crippen molar-refractivity contribution in [2.75, 3.05) is 18.5 Å². The number of anilines is 1. The Kier molecular flexibility index (Phi) is 6.00. The van der Waals surface area contributed by atoms with Crippen LogP contribution in [0.25, 0.3) is 0 Å². The number of hydrogen-bond acceptors (Lipinski definition) is 3. The highest BCUT2D eigenvalue weighted by molar-refractivity contribution is 5.42. The molecule has 0 aromatic carbocycles. The monoisotopic (exact) mass is 277 g/mol. The summed E-state index contributed by atoms with van der Waals surface area (Å²) in [7, 11) is 2.12. The third-order valence-electron chi connectivity index (χ3n) is 3.26. The number of rotatable bonds is 6. The number of pyridine rings is 1. The molecule has 0 unspecified atom stereocenters. The van der Waals surface area contributed by atoms with Crippen molar-refractivity contribution < 1.29 is 0 Å². The molecule has 0 aliphatic rings. The molecule has 20 heavy (non-hydrogen) atoms. The second-order valence-corrected chi connectivity index (χ2v) is 6.94. The summed E-state index contributed by atoms with van der Waals surface area (Å²) in [5.74, 6) is 1.54. The van der Waals surface area contributed by atoms with Gasteiger partial charge in [0.05, 0.1) is 0 Å². The molecule has 3 heteroatoms. The average Bonchev–Trinajstić information content (AvgIpc) is 2.35. The first kappa shape index (κ1) is 17.0. The van der Waals surface area contributed by atoms with E-state index in [9.17, 15) is 0 Å². The van der Waals surface area contributed by atoms with E-state index < -0.39 is 0 Å². The molecule has 1 N–H and O–H groups in total. The van der Waals surface area contributed by atoms with Gasteiger partial charge in [0.25, 0.3) is 0 Å². The molecule has 0 atom stereocenters. The molecule has 0 radical (unpaired) electrons. The Bertz CT molecular complexity index is 419. The van der Waals surface area contributed by atoms with Crippen molar-refractivity contribution in [2.45, 2.75) is 66.0 Å². The lowest BCUT2D eigenvalue weighted by Gasteiger charge is -2.23. The molecule has 1 rings (SSSR count). The van der Waals surface area contributed by atoms with Crippen LogP contribution in [0.5, 0.6) is 0 Å². The van der Waals surface area contributed by atoms with Crippen LogP contribution in [0, 0.1) is 0 Å². The Morgan fingerprint density at radius 1 is 1.25 bits per heavy atom. The molecule has 0 bridgehead atoms. The highest BCUT2D eigenvalue weighted by atomic mass is 15.2. The van der Waals surface area contributed by atoms with Crippen LogP contribution in [-0.2, 0) is 6.54 Å². The molecule has 0 fully saturated rings. The highest BCUT2D eigenvalue weighted by Gasteiger charge is 2.12. The summed E-state index contributed by atoms with van der Waals surface area (Å²) >= 11 is 0. The summed E-state index contributed by atoms with van der Waals surface area (Å²) in [6.45, 7) is 15.1. The van der Waals surface area contributed by atoms with Crippen LogP contribution in [0.2, 0.25) is 0 Å². The quantitative estimate of drug-likeness (QED) is 0.853. The Balaban J connectivity index is 2.98. The van der Waals surface area contributed by atoms with Gasteiger partial charge < -0.3 is 10.2 Å². The Labute approximate surface area is 124 Å². The van der Waals surface area contributed by atoms with Crippen LogP contribution in [0.4, 0.5) is 5.82 Å². The van der Waals surface area contributed by atoms with Crippen LogP contribution >= 0.6 is 0 Å². The normalized spacial score (nSPS) is 12.0. The maximum atomic E-state index is 4.79. The third-order valence-corrected chi connectivity index (χ3v) is 3.26. The molecule has 1 heterocycles. The van der Waals surface area contributed by atoms with E-state index in [0.29, 0.717) is 5.92 Å². The zero-order valence-corrected chi connectivity index (χ0v) is 14.2. The molecule has 0 spiro atoms. The molecule has 1 aromatic heterocycles. The molecule has 0 saturated carbocycles. The summed E-state index contributed by atoms with van der Waals surface area (Å²) in [6, 6.07) is 4.44. The molecular weight excluding hydrogens is 246 g/mol. The van der Waals surface area contributed by atoms with Gasteiger partial charge in [0.1, 0.15) is 5.82 Å². The standard InChI is InChI=1S/C17H31N3/c1-8-9-20(7)16-11-14(12-18-17(4,5)6)10-15(19-16)13(2)3/h10-11,13,18H,8-9,12H2,1-7H3. The van der Waals surface area contributed by atoms with Crippen molar-refractivity contribution in [3.05, 3.63) is 23.4 Å². The average molecular weight is 277 g/mol. The van der Waals surface area contributed by atoms with Crippen LogP contribution < -0.4 is 10.2 Å². The van der Waals surface area contributed by atoms with Crippen molar-refractivity contribution in [2.24, 2.45) is 0 Å². The summed E-state index contributed by atoms with van der Waals surface area (Å²) in [4.78, 5) is 7.04. The van der Waals surface area contributed by atoms with Gasteiger partial charge >= 0.3 is 0 Å². The van der Waals surface area contributed by atoms with E-state index in [2.05, 4.69) is 70.9 Å². The lowest BCUT2D eigenvalue weighted by molar-refractivity contribution is 0.424. The molecule has 1 aromatic rings. The minimum Gasteiger partial charge on any atom is -0.360 e. The van der Waals surface area contributed by atoms with Crippen molar-refractivity contribution in [1.29, 1.82) is 0 Å². The lowest BCUT2D eigenvalue weighted by Crippen LogP contribution is -2.35. The van der Waals surface area contributed by atoms with E-state index in [1.807, 2.05) is 0 Å². The Morgan fingerprint density at radius 3 is 2.40 bits per heavy atom. The summed E-state index contributed by atoms with van der Waals surface area (Å²) in [5, 5.41) is 3.56. The van der Waals surface area contributed by atoms with Crippen LogP contribution in [0.15, 0.2) is 12.1 Å². The predicted octanol–water partition coefficient (Wildman–Crippen LogP) is 3.94. The molecule has 0 amide bonds. The predicted molar refractivity (Wildman–Crippen MR) is 88.5 cm³/mol. The zero-order chi connectivity index (χ0) is 15.3. The SMILES string of the molecule is CCCN(C)c1cc(CNC(C)(C)C)cc(C(C)C)n1. The smallest absolute Gasteiger partial charge is 0.128 e. The maximum Gasteiger partial charge on any atom is 0.128 e. The van der Waals surface area contributed by atoms with Crippen LogP contribution in [0.1, 0.15) is 65.1 Å².